The molecule has 2 fully saturated rings. The molecule has 2 saturated heterocycles. The van der Waals surface area contributed by atoms with Crippen molar-refractivity contribution in [2.75, 3.05) is 50.7 Å². The lowest BCUT2D eigenvalue weighted by Crippen LogP contribution is -2.47. The monoisotopic (exact) mass is 554 g/mol. The van der Waals surface area contributed by atoms with Gasteiger partial charge >= 0.3 is 6.18 Å². The number of piperazine rings is 1. The third-order valence-electron chi connectivity index (χ3n) is 7.00. The Balaban J connectivity index is 1.17. The molecule has 2 aliphatic heterocycles. The molecule has 2 heterocycles. The van der Waals surface area contributed by atoms with Crippen LogP contribution in [0.5, 0.6) is 5.75 Å². The van der Waals surface area contributed by atoms with E-state index < -0.39 is 22.4 Å². The minimum absolute atomic E-state index is 0.0659. The Kier molecular flexibility index (Phi) is 8.99. The highest BCUT2D eigenvalue weighted by molar-refractivity contribution is 6.30. The van der Waals surface area contributed by atoms with E-state index in [0.29, 0.717) is 38.4 Å². The number of benzene rings is 2. The van der Waals surface area contributed by atoms with Crippen LogP contribution in [0.4, 0.5) is 24.5 Å². The average Bonchev–Trinajstić information content (AvgIpc) is 2.89. The van der Waals surface area contributed by atoms with Crippen molar-refractivity contribution in [3.63, 3.8) is 0 Å². The number of piperidine rings is 1. The minimum Gasteiger partial charge on any atom is -0.490 e. The van der Waals surface area contributed by atoms with E-state index in [4.69, 9.17) is 16.3 Å². The van der Waals surface area contributed by atoms with Gasteiger partial charge in [0.05, 0.1) is 4.92 Å². The summed E-state index contributed by atoms with van der Waals surface area (Å²) in [5, 5.41) is 11.6. The molecular formula is C26H30ClF3N4O4. The number of amides is 1. The molecule has 0 spiro atoms. The second-order valence-corrected chi connectivity index (χ2v) is 9.98. The lowest BCUT2D eigenvalue weighted by molar-refractivity contribution is -0.388. The van der Waals surface area contributed by atoms with Gasteiger partial charge in [-0.2, -0.15) is 13.2 Å². The van der Waals surface area contributed by atoms with Crippen molar-refractivity contribution in [1.82, 2.24) is 9.80 Å². The first-order valence-corrected chi connectivity index (χ1v) is 13.0. The summed E-state index contributed by atoms with van der Waals surface area (Å²) in [6.07, 6.45) is -3.05. The van der Waals surface area contributed by atoms with E-state index in [1.165, 1.54) is 6.07 Å². The van der Waals surface area contributed by atoms with Crippen LogP contribution in [0.3, 0.4) is 0 Å². The second kappa shape index (κ2) is 12.2. The van der Waals surface area contributed by atoms with Crippen LogP contribution in [0.25, 0.3) is 0 Å². The van der Waals surface area contributed by atoms with Gasteiger partial charge in [-0.15, -0.1) is 0 Å². The van der Waals surface area contributed by atoms with Gasteiger partial charge in [0, 0.05) is 75.3 Å². The lowest BCUT2D eigenvalue weighted by atomic mass is 10.1. The summed E-state index contributed by atoms with van der Waals surface area (Å²) in [4.78, 5) is 29.0. The molecule has 206 valence electrons. The van der Waals surface area contributed by atoms with E-state index in [0.717, 1.165) is 55.9 Å². The fraction of sp³-hybridized carbons (Fsp3) is 0.500. The highest BCUT2D eigenvalue weighted by Crippen LogP contribution is 2.38. The highest BCUT2D eigenvalue weighted by Gasteiger charge is 2.39. The van der Waals surface area contributed by atoms with Crippen LogP contribution in [-0.2, 0) is 11.0 Å². The summed E-state index contributed by atoms with van der Waals surface area (Å²) in [7, 11) is 0. The molecule has 0 N–H and O–H groups in total. The van der Waals surface area contributed by atoms with Gasteiger partial charge in [0.15, 0.2) is 0 Å². The number of nitrogens with zero attached hydrogens (tertiary/aromatic N) is 4. The van der Waals surface area contributed by atoms with Gasteiger partial charge in [-0.1, -0.05) is 11.6 Å². The number of halogens is 4. The maximum atomic E-state index is 13.2. The van der Waals surface area contributed by atoms with Crippen molar-refractivity contribution >= 4 is 28.9 Å². The fourth-order valence-corrected chi connectivity index (χ4v) is 5.01. The fourth-order valence-electron chi connectivity index (χ4n) is 4.88. The standard InChI is InChI=1S/C26H30ClF3N4O4/c27-19-3-5-20(6-4-19)32-16-14-31(15-17-32)11-1-2-25(35)33-12-9-21(10-13-33)38-22-7-8-24(34(36)37)23(18-22)26(28,29)30/h3-8,18,21H,1-2,9-17H2. The molecule has 12 heteroatoms. The number of hydrogen-bond acceptors (Lipinski definition) is 6. The third kappa shape index (κ3) is 7.28. The predicted molar refractivity (Wildman–Crippen MR) is 138 cm³/mol. The van der Waals surface area contributed by atoms with Crippen LogP contribution in [0.1, 0.15) is 31.2 Å². The van der Waals surface area contributed by atoms with Crippen LogP contribution in [0.2, 0.25) is 5.02 Å². The summed E-state index contributed by atoms with van der Waals surface area (Å²) >= 11 is 5.97. The SMILES string of the molecule is O=C(CCCN1CCN(c2ccc(Cl)cc2)CC1)N1CCC(Oc2ccc([N+](=O)[O-])c(C(F)(F)F)c2)CC1. The molecule has 2 aromatic carbocycles. The van der Waals surface area contributed by atoms with E-state index in [1.54, 1.807) is 4.90 Å². The Hall–Kier alpha value is -3.05. The third-order valence-corrected chi connectivity index (χ3v) is 7.25. The van der Waals surface area contributed by atoms with Crippen molar-refractivity contribution in [2.24, 2.45) is 0 Å². The number of nitro groups is 1. The number of nitro benzene ring substituents is 1. The van der Waals surface area contributed by atoms with Crippen molar-refractivity contribution in [2.45, 2.75) is 38.0 Å². The number of anilines is 1. The molecule has 38 heavy (non-hydrogen) atoms. The molecule has 0 bridgehead atoms. The van der Waals surface area contributed by atoms with Gasteiger partial charge in [-0.05, 0) is 49.4 Å². The number of carbonyl (C=O) groups excluding carboxylic acids is 1. The molecule has 0 aromatic heterocycles. The van der Waals surface area contributed by atoms with Crippen LogP contribution < -0.4 is 9.64 Å². The Labute approximate surface area is 224 Å². The molecule has 4 rings (SSSR count). The van der Waals surface area contributed by atoms with Crippen LogP contribution in [0, 0.1) is 10.1 Å². The van der Waals surface area contributed by atoms with Crippen molar-refractivity contribution in [3.05, 3.63) is 63.2 Å². The smallest absolute Gasteiger partial charge is 0.423 e. The number of hydrogen-bond donors (Lipinski definition) is 0. The second-order valence-electron chi connectivity index (χ2n) is 9.54. The molecule has 1 amide bonds. The molecule has 2 aliphatic rings. The van der Waals surface area contributed by atoms with Crippen LogP contribution >= 0.6 is 11.6 Å². The van der Waals surface area contributed by atoms with E-state index in [-0.39, 0.29) is 17.8 Å². The quantitative estimate of drug-likeness (QED) is 0.328. The number of alkyl halides is 3. The maximum absolute atomic E-state index is 13.2. The predicted octanol–water partition coefficient (Wildman–Crippen LogP) is 5.24. The zero-order valence-electron chi connectivity index (χ0n) is 20.8. The first-order chi connectivity index (χ1) is 18.1. The highest BCUT2D eigenvalue weighted by atomic mass is 35.5. The van der Waals surface area contributed by atoms with Gasteiger partial charge in [-0.25, -0.2) is 0 Å². The molecular weight excluding hydrogens is 525 g/mol. The van der Waals surface area contributed by atoms with Gasteiger partial charge in [-0.3, -0.25) is 19.8 Å². The first kappa shape index (κ1) is 28.0. The van der Waals surface area contributed by atoms with Crippen molar-refractivity contribution in [3.8, 4) is 5.75 Å². The average molecular weight is 555 g/mol. The molecule has 2 aromatic rings. The molecule has 0 atom stereocenters. The number of likely N-dealkylation sites (tertiary alicyclic amines) is 1. The molecule has 0 saturated carbocycles. The molecule has 0 radical (unpaired) electrons. The first-order valence-electron chi connectivity index (χ1n) is 12.6. The largest absolute Gasteiger partial charge is 0.490 e. The minimum atomic E-state index is -4.86. The van der Waals surface area contributed by atoms with Crippen LogP contribution in [-0.4, -0.2) is 72.5 Å². The zero-order chi connectivity index (χ0) is 27.3. The topological polar surface area (TPSA) is 79.2 Å². The van der Waals surface area contributed by atoms with Gasteiger partial charge in [0.1, 0.15) is 17.4 Å². The maximum Gasteiger partial charge on any atom is 0.423 e. The Morgan fingerprint density at radius 2 is 1.68 bits per heavy atom. The van der Waals surface area contributed by atoms with Crippen molar-refractivity contribution < 1.29 is 27.6 Å². The van der Waals surface area contributed by atoms with Crippen molar-refractivity contribution in [1.29, 1.82) is 0 Å². The van der Waals surface area contributed by atoms with E-state index >= 15 is 0 Å². The number of ether oxygens (including phenoxy) is 1. The Morgan fingerprint density at radius 3 is 2.29 bits per heavy atom. The molecule has 0 unspecified atom stereocenters. The summed E-state index contributed by atoms with van der Waals surface area (Å²) in [5.74, 6) is 0.00167. The summed E-state index contributed by atoms with van der Waals surface area (Å²) < 4.78 is 45.3. The zero-order valence-corrected chi connectivity index (χ0v) is 21.6. The molecule has 0 aliphatic carbocycles. The number of rotatable bonds is 8. The summed E-state index contributed by atoms with van der Waals surface area (Å²) in [5.41, 5.74) is -1.18. The van der Waals surface area contributed by atoms with E-state index in [1.807, 2.05) is 24.3 Å². The normalized spacial score (nSPS) is 17.5. The van der Waals surface area contributed by atoms with Gasteiger partial charge < -0.3 is 14.5 Å². The lowest BCUT2D eigenvalue weighted by Gasteiger charge is -2.36. The molecule has 8 nitrogen and oxygen atoms in total. The van der Waals surface area contributed by atoms with Crippen LogP contribution in [0.15, 0.2) is 42.5 Å². The summed E-state index contributed by atoms with van der Waals surface area (Å²) in [6, 6.07) is 10.5. The summed E-state index contributed by atoms with van der Waals surface area (Å²) in [6.45, 7) is 5.47. The Morgan fingerprint density at radius 1 is 1.03 bits per heavy atom. The Bertz CT molecular complexity index is 1120. The van der Waals surface area contributed by atoms with Gasteiger partial charge in [0.2, 0.25) is 5.91 Å². The number of carbonyl (C=O) groups is 1. The van der Waals surface area contributed by atoms with E-state index in [2.05, 4.69) is 9.80 Å². The van der Waals surface area contributed by atoms with Gasteiger partial charge in [0.25, 0.3) is 5.69 Å². The van der Waals surface area contributed by atoms with E-state index in [9.17, 15) is 28.1 Å².